The molecule has 0 bridgehead atoms. The van der Waals surface area contributed by atoms with Crippen LogP contribution in [0.4, 0.5) is 10.7 Å². The summed E-state index contributed by atoms with van der Waals surface area (Å²) in [4.78, 5) is 25.0. The van der Waals surface area contributed by atoms with Crippen molar-refractivity contribution in [1.82, 2.24) is 20.3 Å². The Morgan fingerprint density at radius 3 is 2.50 bits per heavy atom. The fourth-order valence-corrected chi connectivity index (χ4v) is 3.42. The summed E-state index contributed by atoms with van der Waals surface area (Å²) < 4.78 is 10.7. The highest BCUT2D eigenvalue weighted by Gasteiger charge is 2.25. The predicted molar refractivity (Wildman–Crippen MR) is 108 cm³/mol. The van der Waals surface area contributed by atoms with Gasteiger partial charge in [-0.25, -0.2) is 19.7 Å². The van der Waals surface area contributed by atoms with Crippen LogP contribution in [0.2, 0.25) is 5.15 Å². The SMILES string of the molecule is COc1cc(Cl)nc2cnc(N[C@H]3CC[C@H](NC(=O)OC(C)(C)C)CC3)nc12. The van der Waals surface area contributed by atoms with E-state index in [1.165, 1.54) is 0 Å². The average molecular weight is 408 g/mol. The molecule has 3 rings (SSSR count). The van der Waals surface area contributed by atoms with Crippen LogP contribution in [0.3, 0.4) is 0 Å². The van der Waals surface area contributed by atoms with E-state index in [0.717, 1.165) is 25.7 Å². The van der Waals surface area contributed by atoms with Crippen molar-refractivity contribution >= 4 is 34.7 Å². The van der Waals surface area contributed by atoms with Crippen LogP contribution in [-0.2, 0) is 4.74 Å². The number of hydrogen-bond acceptors (Lipinski definition) is 7. The largest absolute Gasteiger partial charge is 0.494 e. The molecular weight excluding hydrogens is 382 g/mol. The number of amides is 1. The molecule has 0 aromatic carbocycles. The van der Waals surface area contributed by atoms with E-state index in [1.807, 2.05) is 20.8 Å². The van der Waals surface area contributed by atoms with E-state index >= 15 is 0 Å². The molecule has 0 unspecified atom stereocenters. The zero-order chi connectivity index (χ0) is 20.3. The quantitative estimate of drug-likeness (QED) is 0.740. The Balaban J connectivity index is 1.57. The van der Waals surface area contributed by atoms with Crippen LogP contribution >= 0.6 is 11.6 Å². The van der Waals surface area contributed by atoms with E-state index in [9.17, 15) is 4.79 Å². The normalized spacial score (nSPS) is 19.9. The number of alkyl carbamates (subject to hydrolysis) is 1. The number of nitrogens with one attached hydrogen (secondary N) is 2. The lowest BCUT2D eigenvalue weighted by Crippen LogP contribution is -2.42. The summed E-state index contributed by atoms with van der Waals surface area (Å²) in [7, 11) is 1.57. The van der Waals surface area contributed by atoms with E-state index in [4.69, 9.17) is 21.1 Å². The van der Waals surface area contributed by atoms with E-state index in [1.54, 1.807) is 19.4 Å². The number of halogens is 1. The van der Waals surface area contributed by atoms with Gasteiger partial charge in [0.05, 0.1) is 13.3 Å². The van der Waals surface area contributed by atoms with Gasteiger partial charge in [-0.2, -0.15) is 0 Å². The van der Waals surface area contributed by atoms with Gasteiger partial charge in [-0.1, -0.05) is 11.6 Å². The fourth-order valence-electron chi connectivity index (χ4n) is 3.23. The summed E-state index contributed by atoms with van der Waals surface area (Å²) >= 11 is 5.98. The molecule has 28 heavy (non-hydrogen) atoms. The molecule has 2 aromatic rings. The van der Waals surface area contributed by atoms with Gasteiger partial charge in [0.1, 0.15) is 27.5 Å². The van der Waals surface area contributed by atoms with E-state index in [2.05, 4.69) is 25.6 Å². The van der Waals surface area contributed by atoms with Crippen LogP contribution in [0.5, 0.6) is 5.75 Å². The van der Waals surface area contributed by atoms with Gasteiger partial charge in [0.15, 0.2) is 0 Å². The number of ether oxygens (including phenoxy) is 2. The molecule has 0 radical (unpaired) electrons. The molecule has 0 aliphatic heterocycles. The molecule has 1 fully saturated rings. The van der Waals surface area contributed by atoms with Crippen LogP contribution in [0.25, 0.3) is 11.0 Å². The molecule has 2 aromatic heterocycles. The molecule has 0 saturated heterocycles. The van der Waals surface area contributed by atoms with Crippen LogP contribution < -0.4 is 15.4 Å². The second-order valence-electron chi connectivity index (χ2n) is 7.91. The Bertz CT molecular complexity index is 847. The first-order valence-corrected chi connectivity index (χ1v) is 9.74. The zero-order valence-corrected chi connectivity index (χ0v) is 17.3. The molecule has 9 heteroatoms. The molecular formula is C19H26ClN5O3. The fraction of sp³-hybridized carbons (Fsp3) is 0.579. The second-order valence-corrected chi connectivity index (χ2v) is 8.30. The van der Waals surface area contributed by atoms with Crippen LogP contribution in [0.1, 0.15) is 46.5 Å². The molecule has 1 aliphatic rings. The van der Waals surface area contributed by atoms with Gasteiger partial charge < -0.3 is 20.1 Å². The lowest BCUT2D eigenvalue weighted by Gasteiger charge is -2.30. The summed E-state index contributed by atoms with van der Waals surface area (Å²) in [6.07, 6.45) is 4.81. The van der Waals surface area contributed by atoms with Gasteiger partial charge in [0.25, 0.3) is 0 Å². The number of fused-ring (bicyclic) bond motifs is 1. The highest BCUT2D eigenvalue weighted by molar-refractivity contribution is 6.30. The number of carbonyl (C=O) groups excluding carboxylic acids is 1. The Morgan fingerprint density at radius 2 is 1.86 bits per heavy atom. The summed E-state index contributed by atoms with van der Waals surface area (Å²) in [5.74, 6) is 1.09. The third-order valence-electron chi connectivity index (χ3n) is 4.48. The second kappa shape index (κ2) is 8.34. The number of pyridine rings is 1. The molecule has 0 spiro atoms. The van der Waals surface area contributed by atoms with Crippen molar-refractivity contribution < 1.29 is 14.3 Å². The van der Waals surface area contributed by atoms with Crippen molar-refractivity contribution in [2.75, 3.05) is 12.4 Å². The molecule has 152 valence electrons. The topological polar surface area (TPSA) is 98.3 Å². The minimum absolute atomic E-state index is 0.122. The van der Waals surface area contributed by atoms with Gasteiger partial charge in [0.2, 0.25) is 5.95 Å². The van der Waals surface area contributed by atoms with Crippen molar-refractivity contribution in [1.29, 1.82) is 0 Å². The third kappa shape index (κ3) is 5.34. The first kappa shape index (κ1) is 20.4. The van der Waals surface area contributed by atoms with Crippen molar-refractivity contribution in [2.24, 2.45) is 0 Å². The molecule has 8 nitrogen and oxygen atoms in total. The third-order valence-corrected chi connectivity index (χ3v) is 4.68. The van der Waals surface area contributed by atoms with Gasteiger partial charge in [-0.3, -0.25) is 0 Å². The van der Waals surface area contributed by atoms with E-state index in [-0.39, 0.29) is 18.2 Å². The number of methoxy groups -OCH3 is 1. The standard InChI is InChI=1S/C19H26ClN5O3/c1-19(2,3)28-18(26)23-12-7-5-11(6-8-12)22-17-21-10-13-16(25-17)14(27-4)9-15(20)24-13/h9-12H,5-8H2,1-4H3,(H,23,26)(H,21,22,25)/t11-,12-. The van der Waals surface area contributed by atoms with Gasteiger partial charge in [-0.05, 0) is 46.5 Å². The maximum absolute atomic E-state index is 11.9. The maximum Gasteiger partial charge on any atom is 0.407 e. The molecule has 2 N–H and O–H groups in total. The molecule has 1 saturated carbocycles. The van der Waals surface area contributed by atoms with Gasteiger partial charge in [-0.15, -0.1) is 0 Å². The smallest absolute Gasteiger partial charge is 0.407 e. The van der Waals surface area contributed by atoms with Crippen molar-refractivity contribution in [3.63, 3.8) is 0 Å². The summed E-state index contributed by atoms with van der Waals surface area (Å²) in [6, 6.07) is 1.99. The number of nitrogens with zero attached hydrogens (tertiary/aromatic N) is 3. The van der Waals surface area contributed by atoms with Crippen molar-refractivity contribution in [3.05, 3.63) is 17.4 Å². The van der Waals surface area contributed by atoms with Crippen molar-refractivity contribution in [2.45, 2.75) is 64.1 Å². The van der Waals surface area contributed by atoms with E-state index in [0.29, 0.717) is 27.9 Å². The number of carbonyl (C=O) groups is 1. The van der Waals surface area contributed by atoms with Crippen molar-refractivity contribution in [3.8, 4) is 5.75 Å². The average Bonchev–Trinajstić information content (AvgIpc) is 2.61. The Hall–Kier alpha value is -2.35. The highest BCUT2D eigenvalue weighted by atomic mass is 35.5. The molecule has 2 heterocycles. The Labute approximate surface area is 169 Å². The minimum Gasteiger partial charge on any atom is -0.494 e. The molecule has 0 atom stereocenters. The first-order valence-electron chi connectivity index (χ1n) is 9.37. The molecule has 1 amide bonds. The number of aromatic nitrogens is 3. The first-order chi connectivity index (χ1) is 13.2. The highest BCUT2D eigenvalue weighted by Crippen LogP contribution is 2.27. The number of rotatable bonds is 4. The molecule has 1 aliphatic carbocycles. The summed E-state index contributed by atoms with van der Waals surface area (Å²) in [5.41, 5.74) is 0.709. The van der Waals surface area contributed by atoms with Crippen LogP contribution in [0.15, 0.2) is 12.3 Å². The lowest BCUT2D eigenvalue weighted by atomic mass is 9.91. The maximum atomic E-state index is 11.9. The predicted octanol–water partition coefficient (Wildman–Crippen LogP) is 3.93. The Kier molecular flexibility index (Phi) is 6.07. The summed E-state index contributed by atoms with van der Waals surface area (Å²) in [6.45, 7) is 5.57. The number of hydrogen-bond donors (Lipinski definition) is 2. The minimum atomic E-state index is -0.490. The van der Waals surface area contributed by atoms with Gasteiger partial charge >= 0.3 is 6.09 Å². The van der Waals surface area contributed by atoms with E-state index < -0.39 is 5.60 Å². The van der Waals surface area contributed by atoms with Crippen LogP contribution in [-0.4, -0.2) is 45.8 Å². The monoisotopic (exact) mass is 407 g/mol. The zero-order valence-electron chi connectivity index (χ0n) is 16.6. The number of anilines is 1. The lowest BCUT2D eigenvalue weighted by molar-refractivity contribution is 0.0492. The summed E-state index contributed by atoms with van der Waals surface area (Å²) in [5, 5.41) is 6.65. The van der Waals surface area contributed by atoms with Gasteiger partial charge in [0, 0.05) is 18.2 Å². The Morgan fingerprint density at radius 1 is 1.18 bits per heavy atom. The van der Waals surface area contributed by atoms with Crippen LogP contribution in [0, 0.1) is 0 Å².